The molecule has 0 heterocycles. The minimum Gasteiger partial charge on any atom is -0.504 e. The smallest absolute Gasteiger partial charge is 0.261 e. The molecule has 0 aliphatic carbocycles. The van der Waals surface area contributed by atoms with Crippen molar-refractivity contribution in [1.82, 2.24) is 5.32 Å². The van der Waals surface area contributed by atoms with Gasteiger partial charge in [0, 0.05) is 12.1 Å². The number of allylic oxidation sites excluding steroid dienone is 1. The van der Waals surface area contributed by atoms with Crippen LogP contribution in [0.5, 0.6) is 11.5 Å². The van der Waals surface area contributed by atoms with E-state index in [1.165, 1.54) is 6.08 Å². The summed E-state index contributed by atoms with van der Waals surface area (Å²) in [5.74, 6) is -0.0344. The lowest BCUT2D eigenvalue weighted by Gasteiger charge is -2.11. The highest BCUT2D eigenvalue weighted by Crippen LogP contribution is 2.33. The topological polar surface area (TPSA) is 82.4 Å². The molecule has 0 radical (unpaired) electrons. The van der Waals surface area contributed by atoms with Crippen LogP contribution < -0.4 is 10.1 Å². The zero-order chi connectivity index (χ0) is 17.2. The number of carbonyl (C=O) groups excluding carboxylic acids is 1. The van der Waals surface area contributed by atoms with Gasteiger partial charge in [0.2, 0.25) is 0 Å². The van der Waals surface area contributed by atoms with Crippen LogP contribution in [0.4, 0.5) is 0 Å². The number of hydrogen-bond donors (Lipinski definition) is 2. The van der Waals surface area contributed by atoms with Crippen LogP contribution in [-0.2, 0) is 11.2 Å². The summed E-state index contributed by atoms with van der Waals surface area (Å²) in [6.45, 7) is 8.32. The van der Waals surface area contributed by atoms with Gasteiger partial charge < -0.3 is 15.2 Å². The molecule has 5 heteroatoms. The molecule has 0 bridgehead atoms. The summed E-state index contributed by atoms with van der Waals surface area (Å²) >= 11 is 0. The predicted octanol–water partition coefficient (Wildman–Crippen LogP) is 2.95. The number of nitriles is 1. The van der Waals surface area contributed by atoms with Gasteiger partial charge in [-0.3, -0.25) is 4.79 Å². The van der Waals surface area contributed by atoms with Gasteiger partial charge in [0.25, 0.3) is 5.91 Å². The van der Waals surface area contributed by atoms with Gasteiger partial charge >= 0.3 is 0 Å². The molecule has 1 amide bonds. The Labute approximate surface area is 136 Å². The molecule has 0 atom stereocenters. The van der Waals surface area contributed by atoms with E-state index in [1.54, 1.807) is 18.2 Å². The van der Waals surface area contributed by atoms with Gasteiger partial charge in [0.1, 0.15) is 11.6 Å². The number of ether oxygens (including phenoxy) is 1. The molecule has 0 aromatic heterocycles. The molecule has 0 aliphatic heterocycles. The second kappa shape index (κ2) is 9.31. The maximum Gasteiger partial charge on any atom is 0.261 e. The van der Waals surface area contributed by atoms with E-state index in [2.05, 4.69) is 11.9 Å². The van der Waals surface area contributed by atoms with E-state index >= 15 is 0 Å². The molecule has 0 unspecified atom stereocenters. The van der Waals surface area contributed by atoms with Crippen LogP contribution in [0, 0.1) is 11.3 Å². The maximum absolute atomic E-state index is 11.9. The third kappa shape index (κ3) is 5.19. The van der Waals surface area contributed by atoms with Crippen molar-refractivity contribution >= 4 is 12.0 Å². The quantitative estimate of drug-likeness (QED) is 0.439. The Morgan fingerprint density at radius 1 is 1.48 bits per heavy atom. The molecule has 0 saturated carbocycles. The fraction of sp³-hybridized carbons (Fsp3) is 0.333. The minimum atomic E-state index is -0.411. The van der Waals surface area contributed by atoms with E-state index in [1.807, 2.05) is 19.9 Å². The minimum absolute atomic E-state index is 0.0103. The molecular formula is C18H22N2O3. The molecule has 2 N–H and O–H groups in total. The summed E-state index contributed by atoms with van der Waals surface area (Å²) in [6, 6.07) is 5.22. The fourth-order valence-electron chi connectivity index (χ4n) is 2.00. The molecule has 0 fully saturated rings. The summed E-state index contributed by atoms with van der Waals surface area (Å²) in [6.07, 6.45) is 4.40. The third-order valence-electron chi connectivity index (χ3n) is 3.05. The summed E-state index contributed by atoms with van der Waals surface area (Å²) in [4.78, 5) is 11.9. The molecule has 0 saturated heterocycles. The molecule has 1 rings (SSSR count). The number of rotatable bonds is 8. The average Bonchev–Trinajstić information content (AvgIpc) is 2.54. The monoisotopic (exact) mass is 314 g/mol. The van der Waals surface area contributed by atoms with Crippen molar-refractivity contribution in [2.75, 3.05) is 13.2 Å². The van der Waals surface area contributed by atoms with E-state index in [0.717, 1.165) is 6.42 Å². The lowest BCUT2D eigenvalue weighted by atomic mass is 10.0. The Hall–Kier alpha value is -2.74. The summed E-state index contributed by atoms with van der Waals surface area (Å²) in [7, 11) is 0. The molecule has 23 heavy (non-hydrogen) atoms. The fourth-order valence-corrected chi connectivity index (χ4v) is 2.00. The second-order valence-electron chi connectivity index (χ2n) is 4.88. The van der Waals surface area contributed by atoms with Gasteiger partial charge in [-0.05, 0) is 43.5 Å². The Balaban J connectivity index is 3.24. The summed E-state index contributed by atoms with van der Waals surface area (Å²) in [5.41, 5.74) is 1.26. The molecule has 122 valence electrons. The highest BCUT2D eigenvalue weighted by molar-refractivity contribution is 6.01. The first-order valence-electron chi connectivity index (χ1n) is 7.56. The Bertz CT molecular complexity index is 642. The first kappa shape index (κ1) is 18.3. The van der Waals surface area contributed by atoms with Gasteiger partial charge in [-0.1, -0.05) is 13.0 Å². The lowest BCUT2D eigenvalue weighted by molar-refractivity contribution is -0.117. The third-order valence-corrected chi connectivity index (χ3v) is 3.05. The number of phenolic OH excluding ortho intramolecular Hbond substituents is 1. The number of nitrogens with one attached hydrogen (secondary N) is 1. The van der Waals surface area contributed by atoms with Crippen LogP contribution in [0.1, 0.15) is 31.4 Å². The maximum atomic E-state index is 11.9. The van der Waals surface area contributed by atoms with Crippen molar-refractivity contribution in [1.29, 1.82) is 5.26 Å². The molecule has 0 spiro atoms. The van der Waals surface area contributed by atoms with Crippen LogP contribution in [0.3, 0.4) is 0 Å². The van der Waals surface area contributed by atoms with E-state index < -0.39 is 5.91 Å². The second-order valence-corrected chi connectivity index (χ2v) is 4.88. The zero-order valence-electron chi connectivity index (χ0n) is 13.6. The van der Waals surface area contributed by atoms with E-state index in [0.29, 0.717) is 36.4 Å². The molecule has 1 aromatic rings. The van der Waals surface area contributed by atoms with Crippen LogP contribution in [0.25, 0.3) is 6.08 Å². The van der Waals surface area contributed by atoms with E-state index in [9.17, 15) is 15.2 Å². The highest BCUT2D eigenvalue weighted by atomic mass is 16.5. The lowest BCUT2D eigenvalue weighted by Crippen LogP contribution is -2.25. The van der Waals surface area contributed by atoms with Crippen LogP contribution in [0.2, 0.25) is 0 Å². The summed E-state index contributed by atoms with van der Waals surface area (Å²) < 4.78 is 5.41. The molecule has 5 nitrogen and oxygen atoms in total. The first-order valence-corrected chi connectivity index (χ1v) is 7.56. The van der Waals surface area contributed by atoms with Crippen LogP contribution in [0.15, 0.2) is 30.4 Å². The van der Waals surface area contributed by atoms with Gasteiger partial charge in [0.15, 0.2) is 11.5 Å². The van der Waals surface area contributed by atoms with Gasteiger partial charge in [0.05, 0.1) is 6.61 Å². The standard InChI is InChI=1S/C18H22N2O3/c1-4-7-14-9-13(11-16(17(14)21)23-6-3)10-15(12-19)18(22)20-8-5-2/h4,9-11,21H,1,5-8H2,2-3H3,(H,20,22)/b15-10+. The molecule has 1 aromatic carbocycles. The van der Waals surface area contributed by atoms with Crippen molar-refractivity contribution in [2.24, 2.45) is 0 Å². The van der Waals surface area contributed by atoms with Crippen LogP contribution in [-0.4, -0.2) is 24.2 Å². The van der Waals surface area contributed by atoms with Crippen molar-refractivity contribution in [2.45, 2.75) is 26.7 Å². The number of phenols is 1. The zero-order valence-corrected chi connectivity index (χ0v) is 13.6. The number of aromatic hydroxyl groups is 1. The van der Waals surface area contributed by atoms with Gasteiger partial charge in [-0.25, -0.2) is 0 Å². The van der Waals surface area contributed by atoms with Crippen molar-refractivity contribution < 1.29 is 14.6 Å². The van der Waals surface area contributed by atoms with Gasteiger partial charge in [-0.2, -0.15) is 5.26 Å². The first-order chi connectivity index (χ1) is 11.1. The largest absolute Gasteiger partial charge is 0.504 e. The number of hydrogen-bond acceptors (Lipinski definition) is 4. The highest BCUT2D eigenvalue weighted by Gasteiger charge is 2.12. The van der Waals surface area contributed by atoms with E-state index in [-0.39, 0.29) is 11.3 Å². The Morgan fingerprint density at radius 3 is 2.78 bits per heavy atom. The van der Waals surface area contributed by atoms with Crippen molar-refractivity contribution in [3.05, 3.63) is 41.5 Å². The number of nitrogens with zero attached hydrogens (tertiary/aromatic N) is 1. The Morgan fingerprint density at radius 2 is 2.22 bits per heavy atom. The normalized spacial score (nSPS) is 10.7. The number of amides is 1. The number of benzene rings is 1. The molecular weight excluding hydrogens is 292 g/mol. The van der Waals surface area contributed by atoms with Crippen molar-refractivity contribution in [3.8, 4) is 17.6 Å². The number of carbonyl (C=O) groups is 1. The summed E-state index contributed by atoms with van der Waals surface area (Å²) in [5, 5.41) is 22.0. The van der Waals surface area contributed by atoms with E-state index in [4.69, 9.17) is 4.74 Å². The van der Waals surface area contributed by atoms with Crippen LogP contribution >= 0.6 is 0 Å². The average molecular weight is 314 g/mol. The van der Waals surface area contributed by atoms with Gasteiger partial charge in [-0.15, -0.1) is 6.58 Å². The van der Waals surface area contributed by atoms with Crippen molar-refractivity contribution in [3.63, 3.8) is 0 Å². The molecule has 0 aliphatic rings. The Kier molecular flexibility index (Phi) is 7.41. The SMILES string of the molecule is C=CCc1cc(/C=C(\C#N)C(=O)NCCC)cc(OCC)c1O. The predicted molar refractivity (Wildman–Crippen MR) is 90.1 cm³/mol.